The van der Waals surface area contributed by atoms with E-state index >= 15 is 0 Å². The minimum absolute atomic E-state index is 0.0898. The van der Waals surface area contributed by atoms with E-state index in [0.29, 0.717) is 23.5 Å². The topological polar surface area (TPSA) is 89.9 Å². The first-order valence-corrected chi connectivity index (χ1v) is 18.8. The second-order valence-corrected chi connectivity index (χ2v) is 15.0. The summed E-state index contributed by atoms with van der Waals surface area (Å²) in [6.07, 6.45) is 7.03. The van der Waals surface area contributed by atoms with Gasteiger partial charge < -0.3 is 9.47 Å². The monoisotopic (exact) mass is 666 g/mol. The Balaban J connectivity index is 1.42. The van der Waals surface area contributed by atoms with Gasteiger partial charge in [0.05, 0.1) is 17.4 Å². The molecular formula is C41H46O6S. The molecule has 3 aliphatic rings. The zero-order chi connectivity index (χ0) is 34.0. The van der Waals surface area contributed by atoms with E-state index in [0.717, 1.165) is 35.3 Å². The first kappa shape index (κ1) is 33.9. The molecule has 2 atom stereocenters. The molecule has 1 N–H and O–H groups in total. The number of benzene rings is 4. The van der Waals surface area contributed by atoms with Crippen LogP contribution in [0.5, 0.6) is 11.5 Å². The largest absolute Gasteiger partial charge is 0.493 e. The quantitative estimate of drug-likeness (QED) is 0.0661. The number of ether oxygens (including phenoxy) is 2. The minimum Gasteiger partial charge on any atom is -0.493 e. The molecular weight excluding hydrogens is 621 g/mol. The van der Waals surface area contributed by atoms with Gasteiger partial charge in [-0.05, 0) is 76.4 Å². The van der Waals surface area contributed by atoms with Crippen molar-refractivity contribution in [2.45, 2.75) is 94.8 Å². The van der Waals surface area contributed by atoms with Crippen LogP contribution in [0.3, 0.4) is 0 Å². The maximum atomic E-state index is 14.7. The predicted octanol–water partition coefficient (Wildman–Crippen LogP) is 9.70. The second kappa shape index (κ2) is 14.3. The number of hydrogen-bond donors (Lipinski definition) is 1. The zero-order valence-corrected chi connectivity index (χ0v) is 29.1. The van der Waals surface area contributed by atoms with Crippen molar-refractivity contribution in [3.8, 4) is 11.5 Å². The number of hydrogen-bond acceptors (Lipinski definition) is 5. The normalized spacial score (nSPS) is 19.5. The standard InChI is InChI=1S/C41H46O6S/c1-5-6-7-8-9-16-23-46-34-22-15-14-21-32(34)39-37-28-17-10-12-19-30(28)38(31-20-13-11-18-29(31)37)40(39)41(42)47-35-25-33(26(2)3)36(24-27(35)4)48(43,44)45/h10-15,17-22,24-26,37-40H,5-9,16,23H2,1-4H3,(H,43,44,45). The Bertz CT molecular complexity index is 1850. The van der Waals surface area contributed by atoms with Crippen LogP contribution in [-0.2, 0) is 14.9 Å². The van der Waals surface area contributed by atoms with Crippen molar-refractivity contribution < 1.29 is 27.2 Å². The average molecular weight is 667 g/mol. The molecule has 0 aliphatic heterocycles. The van der Waals surface area contributed by atoms with Gasteiger partial charge in [0.1, 0.15) is 11.5 Å². The fraction of sp³-hybridized carbons (Fsp3) is 0.390. The van der Waals surface area contributed by atoms with Crippen molar-refractivity contribution in [3.63, 3.8) is 0 Å². The number of carbonyl (C=O) groups excluding carboxylic acids is 1. The maximum absolute atomic E-state index is 14.7. The van der Waals surface area contributed by atoms with Gasteiger partial charge in [0.25, 0.3) is 10.1 Å². The Morgan fingerprint density at radius 2 is 1.29 bits per heavy atom. The molecule has 2 unspecified atom stereocenters. The van der Waals surface area contributed by atoms with Crippen LogP contribution in [0, 0.1) is 12.8 Å². The molecule has 0 saturated heterocycles. The minimum atomic E-state index is -4.46. The van der Waals surface area contributed by atoms with Crippen LogP contribution in [0.4, 0.5) is 0 Å². The van der Waals surface area contributed by atoms with Crippen molar-refractivity contribution in [1.29, 1.82) is 0 Å². The summed E-state index contributed by atoms with van der Waals surface area (Å²) in [6, 6.07) is 27.9. The van der Waals surface area contributed by atoms with Crippen molar-refractivity contribution in [2.75, 3.05) is 6.61 Å². The first-order chi connectivity index (χ1) is 23.1. The van der Waals surface area contributed by atoms with Gasteiger partial charge >= 0.3 is 5.97 Å². The van der Waals surface area contributed by atoms with Gasteiger partial charge in [0.15, 0.2) is 0 Å². The second-order valence-electron chi connectivity index (χ2n) is 13.6. The molecule has 0 radical (unpaired) electrons. The van der Waals surface area contributed by atoms with Gasteiger partial charge in [-0.15, -0.1) is 0 Å². The van der Waals surface area contributed by atoms with E-state index < -0.39 is 16.0 Å². The van der Waals surface area contributed by atoms with E-state index in [1.54, 1.807) is 13.0 Å². The summed E-state index contributed by atoms with van der Waals surface area (Å²) in [5.74, 6) is -0.661. The van der Waals surface area contributed by atoms with Crippen molar-refractivity contribution in [2.24, 2.45) is 5.92 Å². The summed E-state index contributed by atoms with van der Waals surface area (Å²) >= 11 is 0. The number of carbonyl (C=O) groups is 1. The third kappa shape index (κ3) is 6.55. The van der Waals surface area contributed by atoms with Crippen LogP contribution in [-0.4, -0.2) is 25.5 Å². The smallest absolute Gasteiger partial charge is 0.315 e. The number of aryl methyl sites for hydroxylation is 1. The van der Waals surface area contributed by atoms with E-state index in [1.165, 1.54) is 42.9 Å². The van der Waals surface area contributed by atoms with Crippen molar-refractivity contribution in [3.05, 3.63) is 124 Å². The Kier molecular flexibility index (Phi) is 10.1. The molecule has 0 spiro atoms. The highest BCUT2D eigenvalue weighted by molar-refractivity contribution is 7.85. The highest BCUT2D eigenvalue weighted by atomic mass is 32.2. The summed E-state index contributed by atoms with van der Waals surface area (Å²) in [4.78, 5) is 14.6. The highest BCUT2D eigenvalue weighted by Gasteiger charge is 2.54. The van der Waals surface area contributed by atoms with Gasteiger partial charge in [-0.25, -0.2) is 0 Å². The molecule has 0 aromatic heterocycles. The predicted molar refractivity (Wildman–Crippen MR) is 189 cm³/mol. The molecule has 0 fully saturated rings. The fourth-order valence-electron chi connectivity index (χ4n) is 7.92. The van der Waals surface area contributed by atoms with Crippen LogP contribution in [0.15, 0.2) is 89.8 Å². The molecule has 252 valence electrons. The molecule has 0 heterocycles. The SMILES string of the molecule is CCCCCCCCOc1ccccc1C1C2c3ccccc3C(c3ccccc32)C1C(=O)Oc1cc(C(C)C)c(S(=O)(=O)O)cc1C. The van der Waals surface area contributed by atoms with E-state index in [4.69, 9.17) is 9.47 Å². The molecule has 4 aromatic rings. The number of fused-ring (bicyclic) bond motifs is 1. The van der Waals surface area contributed by atoms with Gasteiger partial charge in [-0.1, -0.05) is 120 Å². The number of esters is 1. The number of unbranched alkanes of at least 4 members (excludes halogenated alkanes) is 5. The van der Waals surface area contributed by atoms with Crippen molar-refractivity contribution in [1.82, 2.24) is 0 Å². The Morgan fingerprint density at radius 3 is 1.88 bits per heavy atom. The molecule has 0 amide bonds. The summed E-state index contributed by atoms with van der Waals surface area (Å²) in [5.41, 5.74) is 6.55. The highest BCUT2D eigenvalue weighted by Crippen LogP contribution is 2.62. The molecule has 0 saturated carbocycles. The zero-order valence-electron chi connectivity index (χ0n) is 28.3. The van der Waals surface area contributed by atoms with E-state index in [1.807, 2.05) is 44.2 Å². The van der Waals surface area contributed by atoms with Crippen molar-refractivity contribution >= 4 is 16.1 Å². The summed E-state index contributed by atoms with van der Waals surface area (Å²) < 4.78 is 47.2. The Hall–Kier alpha value is -3.94. The molecule has 7 rings (SSSR count). The van der Waals surface area contributed by atoms with Gasteiger partial charge in [0, 0.05) is 17.8 Å². The lowest BCUT2D eigenvalue weighted by molar-refractivity contribution is -0.141. The lowest BCUT2D eigenvalue weighted by Gasteiger charge is -2.50. The summed E-state index contributed by atoms with van der Waals surface area (Å²) in [6.45, 7) is 8.22. The maximum Gasteiger partial charge on any atom is 0.315 e. The Labute approximate surface area is 285 Å². The van der Waals surface area contributed by atoms with Gasteiger partial charge in [0.2, 0.25) is 0 Å². The van der Waals surface area contributed by atoms with Crippen LogP contribution in [0.25, 0.3) is 0 Å². The van der Waals surface area contributed by atoms with Crippen LogP contribution < -0.4 is 9.47 Å². The van der Waals surface area contributed by atoms with Crippen LogP contribution in [0.2, 0.25) is 0 Å². The molecule has 6 nitrogen and oxygen atoms in total. The van der Waals surface area contributed by atoms with Crippen LogP contribution in [0.1, 0.15) is 122 Å². The third-order valence-corrected chi connectivity index (χ3v) is 11.1. The molecule has 7 heteroatoms. The lowest BCUT2D eigenvalue weighted by atomic mass is 9.53. The number of rotatable bonds is 13. The van der Waals surface area contributed by atoms with E-state index in [2.05, 4.69) is 49.4 Å². The summed E-state index contributed by atoms with van der Waals surface area (Å²) in [7, 11) is -4.46. The number of para-hydroxylation sites is 1. The molecule has 2 bridgehead atoms. The lowest BCUT2D eigenvalue weighted by Crippen LogP contribution is -2.44. The first-order valence-electron chi connectivity index (χ1n) is 17.3. The Morgan fingerprint density at radius 1 is 0.750 bits per heavy atom. The molecule has 3 aliphatic carbocycles. The fourth-order valence-corrected chi connectivity index (χ4v) is 8.84. The van der Waals surface area contributed by atoms with Gasteiger partial charge in [-0.3, -0.25) is 9.35 Å². The van der Waals surface area contributed by atoms with E-state index in [-0.39, 0.29) is 34.5 Å². The average Bonchev–Trinajstić information content (AvgIpc) is 3.07. The molecule has 48 heavy (non-hydrogen) atoms. The molecule has 4 aromatic carbocycles. The van der Waals surface area contributed by atoms with Gasteiger partial charge in [-0.2, -0.15) is 8.42 Å². The third-order valence-electron chi connectivity index (χ3n) is 10.2. The summed E-state index contributed by atoms with van der Waals surface area (Å²) in [5, 5.41) is 0. The van der Waals surface area contributed by atoms with Crippen LogP contribution >= 0.6 is 0 Å². The van der Waals surface area contributed by atoms with E-state index in [9.17, 15) is 17.8 Å².